The summed E-state index contributed by atoms with van der Waals surface area (Å²) in [5, 5.41) is 8.67. The predicted molar refractivity (Wildman–Crippen MR) is 44.4 cm³/mol. The Labute approximate surface area is 69.8 Å². The van der Waals surface area contributed by atoms with Gasteiger partial charge in [-0.05, 0) is 20.3 Å². The van der Waals surface area contributed by atoms with Crippen molar-refractivity contribution in [3.8, 4) is 0 Å². The van der Waals surface area contributed by atoms with Gasteiger partial charge in [0.15, 0.2) is 0 Å². The van der Waals surface area contributed by atoms with E-state index in [0.29, 0.717) is 6.42 Å². The molecule has 3 heteroatoms. The number of rotatable bonds is 3. The van der Waals surface area contributed by atoms with Crippen LogP contribution in [0.25, 0.3) is 0 Å². The zero-order valence-electron chi connectivity index (χ0n) is 6.52. The fourth-order valence-electron chi connectivity index (χ4n) is 0.790. The van der Waals surface area contributed by atoms with Gasteiger partial charge in [0.05, 0.1) is 5.41 Å². The lowest BCUT2D eigenvalue weighted by molar-refractivity contribution is -0.147. The smallest absolute Gasteiger partial charge is 0.309 e. The van der Waals surface area contributed by atoms with E-state index in [9.17, 15) is 4.79 Å². The summed E-state index contributed by atoms with van der Waals surface area (Å²) < 4.78 is 0. The second kappa shape index (κ2) is 3.37. The van der Waals surface area contributed by atoms with Crippen molar-refractivity contribution < 1.29 is 9.90 Å². The normalized spacial score (nSPS) is 14.8. The van der Waals surface area contributed by atoms with E-state index in [0.717, 1.165) is 0 Å². The minimum atomic E-state index is -0.737. The van der Waals surface area contributed by atoms with E-state index in [1.165, 1.54) is 0 Å². The number of halogens is 1. The lowest BCUT2D eigenvalue weighted by Gasteiger charge is -2.19. The third-order valence-corrected chi connectivity index (χ3v) is 1.69. The molecule has 2 nitrogen and oxygen atoms in total. The first-order valence-corrected chi connectivity index (χ1v) is 4.15. The van der Waals surface area contributed by atoms with Gasteiger partial charge < -0.3 is 5.11 Å². The van der Waals surface area contributed by atoms with Crippen LogP contribution in [0.5, 0.6) is 0 Å². The van der Waals surface area contributed by atoms with E-state index in [2.05, 4.69) is 15.9 Å². The van der Waals surface area contributed by atoms with Gasteiger partial charge in [0.2, 0.25) is 0 Å². The zero-order chi connectivity index (χ0) is 8.36. The van der Waals surface area contributed by atoms with Crippen molar-refractivity contribution in [1.82, 2.24) is 0 Å². The van der Waals surface area contributed by atoms with E-state index in [4.69, 9.17) is 5.11 Å². The van der Waals surface area contributed by atoms with Gasteiger partial charge in [0, 0.05) is 4.83 Å². The summed E-state index contributed by atoms with van der Waals surface area (Å²) in [6.07, 6.45) is 0.655. The molecule has 1 atom stereocenters. The summed E-state index contributed by atoms with van der Waals surface area (Å²) in [6, 6.07) is 0. The third kappa shape index (κ3) is 3.20. The number of alkyl halides is 1. The lowest BCUT2D eigenvalue weighted by atomic mass is 9.88. The molecule has 0 aromatic carbocycles. The first-order chi connectivity index (χ1) is 4.36. The quantitative estimate of drug-likeness (QED) is 0.724. The van der Waals surface area contributed by atoms with Crippen LogP contribution in [-0.4, -0.2) is 15.9 Å². The molecular formula is C7H13BrO2. The van der Waals surface area contributed by atoms with E-state index >= 15 is 0 Å². The Bertz CT molecular complexity index is 130. The number of carboxylic acids is 1. The van der Waals surface area contributed by atoms with Crippen LogP contribution in [0.2, 0.25) is 0 Å². The minimum absolute atomic E-state index is 0.263. The zero-order valence-corrected chi connectivity index (χ0v) is 8.10. The molecule has 0 aromatic heterocycles. The van der Waals surface area contributed by atoms with Crippen LogP contribution in [0, 0.1) is 5.41 Å². The fourth-order valence-corrected chi connectivity index (χ4v) is 1.60. The molecule has 0 aliphatic rings. The average Bonchev–Trinajstić information content (AvgIpc) is 1.60. The SMILES string of the molecule is CC(Br)CC(C)(C)C(=O)O. The molecule has 1 N–H and O–H groups in total. The van der Waals surface area contributed by atoms with Crippen LogP contribution in [0.15, 0.2) is 0 Å². The average molecular weight is 209 g/mol. The Hall–Kier alpha value is -0.0500. The molecule has 0 fully saturated rings. The standard InChI is InChI=1S/C7H13BrO2/c1-5(8)4-7(2,3)6(9)10/h5H,4H2,1-3H3,(H,9,10). The van der Waals surface area contributed by atoms with Crippen molar-refractivity contribution in [1.29, 1.82) is 0 Å². The molecule has 1 unspecified atom stereocenters. The maximum Gasteiger partial charge on any atom is 0.309 e. The highest BCUT2D eigenvalue weighted by Gasteiger charge is 2.28. The number of hydrogen-bond donors (Lipinski definition) is 1. The van der Waals surface area contributed by atoms with E-state index in [1.807, 2.05) is 6.92 Å². The topological polar surface area (TPSA) is 37.3 Å². The maximum absolute atomic E-state index is 10.5. The Morgan fingerprint density at radius 1 is 1.70 bits per heavy atom. The largest absolute Gasteiger partial charge is 0.481 e. The van der Waals surface area contributed by atoms with Gasteiger partial charge in [-0.15, -0.1) is 0 Å². The van der Waals surface area contributed by atoms with Gasteiger partial charge in [-0.1, -0.05) is 22.9 Å². The second-order valence-corrected chi connectivity index (χ2v) is 4.74. The minimum Gasteiger partial charge on any atom is -0.481 e. The number of aliphatic carboxylic acids is 1. The van der Waals surface area contributed by atoms with Crippen LogP contribution in [-0.2, 0) is 4.79 Å². The van der Waals surface area contributed by atoms with Gasteiger partial charge in [0.25, 0.3) is 0 Å². The fraction of sp³-hybridized carbons (Fsp3) is 0.857. The Kier molecular flexibility index (Phi) is 3.36. The molecule has 0 saturated carbocycles. The first-order valence-electron chi connectivity index (χ1n) is 3.24. The molecule has 0 aliphatic carbocycles. The van der Waals surface area contributed by atoms with Crippen LogP contribution >= 0.6 is 15.9 Å². The van der Waals surface area contributed by atoms with Crippen molar-refractivity contribution in [2.45, 2.75) is 32.0 Å². The summed E-state index contributed by atoms with van der Waals surface area (Å²) in [5.41, 5.74) is -0.608. The van der Waals surface area contributed by atoms with Crippen LogP contribution < -0.4 is 0 Å². The molecule has 0 amide bonds. The summed E-state index contributed by atoms with van der Waals surface area (Å²) >= 11 is 3.32. The monoisotopic (exact) mass is 208 g/mol. The highest BCUT2D eigenvalue weighted by atomic mass is 79.9. The molecule has 0 aliphatic heterocycles. The molecule has 0 spiro atoms. The van der Waals surface area contributed by atoms with Gasteiger partial charge in [0.1, 0.15) is 0 Å². The molecule has 0 rings (SSSR count). The van der Waals surface area contributed by atoms with Crippen molar-refractivity contribution in [3.05, 3.63) is 0 Å². The van der Waals surface area contributed by atoms with Gasteiger partial charge >= 0.3 is 5.97 Å². The van der Waals surface area contributed by atoms with Crippen LogP contribution in [0.1, 0.15) is 27.2 Å². The highest BCUT2D eigenvalue weighted by molar-refractivity contribution is 9.09. The molecular weight excluding hydrogens is 196 g/mol. The number of carboxylic acid groups (broad SMARTS) is 1. The van der Waals surface area contributed by atoms with Crippen molar-refractivity contribution in [2.75, 3.05) is 0 Å². The van der Waals surface area contributed by atoms with Crippen molar-refractivity contribution >= 4 is 21.9 Å². The van der Waals surface area contributed by atoms with Gasteiger partial charge in [-0.2, -0.15) is 0 Å². The summed E-state index contributed by atoms with van der Waals surface area (Å²) in [5.74, 6) is -0.737. The molecule has 60 valence electrons. The van der Waals surface area contributed by atoms with Crippen LogP contribution in [0.4, 0.5) is 0 Å². The molecule has 0 heterocycles. The van der Waals surface area contributed by atoms with Crippen LogP contribution in [0.3, 0.4) is 0 Å². The molecule has 10 heavy (non-hydrogen) atoms. The summed E-state index contributed by atoms with van der Waals surface area (Å²) in [7, 11) is 0. The third-order valence-electron chi connectivity index (χ3n) is 1.37. The molecule has 0 saturated heterocycles. The first kappa shape index (κ1) is 9.95. The molecule has 0 radical (unpaired) electrons. The maximum atomic E-state index is 10.5. The Balaban J connectivity index is 4.00. The Morgan fingerprint density at radius 2 is 2.10 bits per heavy atom. The van der Waals surface area contributed by atoms with E-state index in [-0.39, 0.29) is 4.83 Å². The van der Waals surface area contributed by atoms with Crippen molar-refractivity contribution in [2.24, 2.45) is 5.41 Å². The Morgan fingerprint density at radius 3 is 2.20 bits per heavy atom. The highest BCUT2D eigenvalue weighted by Crippen LogP contribution is 2.25. The summed E-state index contributed by atoms with van der Waals surface area (Å²) in [6.45, 7) is 5.41. The van der Waals surface area contributed by atoms with E-state index in [1.54, 1.807) is 13.8 Å². The summed E-state index contributed by atoms with van der Waals surface area (Å²) in [4.78, 5) is 10.8. The number of hydrogen-bond acceptors (Lipinski definition) is 1. The van der Waals surface area contributed by atoms with Gasteiger partial charge in [-0.25, -0.2) is 0 Å². The second-order valence-electron chi connectivity index (χ2n) is 3.17. The lowest BCUT2D eigenvalue weighted by Crippen LogP contribution is -2.25. The number of carbonyl (C=O) groups is 1. The molecule has 0 bridgehead atoms. The van der Waals surface area contributed by atoms with Crippen molar-refractivity contribution in [3.63, 3.8) is 0 Å². The van der Waals surface area contributed by atoms with Gasteiger partial charge in [-0.3, -0.25) is 4.79 Å². The predicted octanol–water partition coefficient (Wildman–Crippen LogP) is 2.27. The molecule has 0 aromatic rings. The van der Waals surface area contributed by atoms with E-state index < -0.39 is 11.4 Å².